The highest BCUT2D eigenvalue weighted by atomic mass is 16.5. The molecule has 0 unspecified atom stereocenters. The highest BCUT2D eigenvalue weighted by molar-refractivity contribution is 5.42. The van der Waals surface area contributed by atoms with Crippen LogP contribution in [-0.4, -0.2) is 16.8 Å². The van der Waals surface area contributed by atoms with Crippen molar-refractivity contribution in [2.24, 2.45) is 0 Å². The topological polar surface area (TPSA) is 49.7 Å². The van der Waals surface area contributed by atoms with E-state index in [4.69, 9.17) is 9.84 Å². The van der Waals surface area contributed by atoms with E-state index in [0.29, 0.717) is 18.6 Å². The molecule has 0 fully saturated rings. The third kappa shape index (κ3) is 3.38. The summed E-state index contributed by atoms with van der Waals surface area (Å²) in [4.78, 5) is 0. The smallest absolute Gasteiger partial charge is 0.133 e. The molecule has 3 heteroatoms. The fourth-order valence-electron chi connectivity index (χ4n) is 2.12. The summed E-state index contributed by atoms with van der Waals surface area (Å²) in [6.45, 7) is 2.01. The van der Waals surface area contributed by atoms with E-state index in [1.807, 2.05) is 55.5 Å². The molecule has 0 amide bonds. The monoisotopic (exact) mass is 272 g/mol. The lowest BCUT2D eigenvalue weighted by Gasteiger charge is -2.16. The van der Waals surface area contributed by atoms with Crippen molar-refractivity contribution in [3.05, 3.63) is 59.7 Å². The van der Waals surface area contributed by atoms with Gasteiger partial charge in [-0.1, -0.05) is 43.3 Å². The molecule has 0 aliphatic rings. The zero-order valence-electron chi connectivity index (χ0n) is 11.6. The van der Waals surface area contributed by atoms with Crippen molar-refractivity contribution in [2.45, 2.75) is 25.9 Å². The molecule has 2 aromatic carbocycles. The Bertz CT molecular complexity index is 551. The minimum atomic E-state index is -0.531. The van der Waals surface area contributed by atoms with Gasteiger partial charge in [-0.25, -0.2) is 0 Å². The number of aliphatic hydroxyl groups is 2. The molecule has 0 aliphatic heterocycles. The molecule has 2 aromatic rings. The van der Waals surface area contributed by atoms with Gasteiger partial charge in [0.25, 0.3) is 0 Å². The van der Waals surface area contributed by atoms with Crippen LogP contribution >= 0.6 is 0 Å². The normalized spacial score (nSPS) is 12.2. The molecule has 0 saturated carbocycles. The van der Waals surface area contributed by atoms with Gasteiger partial charge in [-0.3, -0.25) is 0 Å². The Balaban J connectivity index is 2.30. The van der Waals surface area contributed by atoms with E-state index in [2.05, 4.69) is 0 Å². The van der Waals surface area contributed by atoms with Crippen LogP contribution in [0.5, 0.6) is 11.5 Å². The van der Waals surface area contributed by atoms with Crippen LogP contribution in [0, 0.1) is 0 Å². The van der Waals surface area contributed by atoms with E-state index in [-0.39, 0.29) is 6.61 Å². The highest BCUT2D eigenvalue weighted by Gasteiger charge is 2.13. The van der Waals surface area contributed by atoms with Crippen LogP contribution in [0.15, 0.2) is 48.5 Å². The molecule has 0 spiro atoms. The van der Waals surface area contributed by atoms with Gasteiger partial charge in [-0.15, -0.1) is 0 Å². The largest absolute Gasteiger partial charge is 0.457 e. The first kappa shape index (κ1) is 14.6. The minimum absolute atomic E-state index is 0.0829. The second-order valence-corrected chi connectivity index (χ2v) is 4.65. The maximum atomic E-state index is 10.0. The van der Waals surface area contributed by atoms with Crippen LogP contribution in [0.3, 0.4) is 0 Å². The van der Waals surface area contributed by atoms with Crippen LogP contribution in [-0.2, 0) is 6.42 Å². The van der Waals surface area contributed by atoms with Gasteiger partial charge in [0.15, 0.2) is 0 Å². The molecule has 106 valence electrons. The minimum Gasteiger partial charge on any atom is -0.457 e. The summed E-state index contributed by atoms with van der Waals surface area (Å²) in [6, 6.07) is 15.1. The standard InChI is InChI=1S/C17H20O3/c1-2-15(19)14-8-4-6-10-17(14)20-16-9-5-3-7-13(16)11-12-18/h3-10,15,18-19H,2,11-12H2,1H3/t15-/m1/s1. The van der Waals surface area contributed by atoms with Crippen LogP contribution < -0.4 is 4.74 Å². The van der Waals surface area contributed by atoms with Gasteiger partial charge in [0.1, 0.15) is 11.5 Å². The van der Waals surface area contributed by atoms with Crippen molar-refractivity contribution in [3.63, 3.8) is 0 Å². The number of hydrogen-bond donors (Lipinski definition) is 2. The molecule has 0 bridgehead atoms. The number of rotatable bonds is 6. The van der Waals surface area contributed by atoms with E-state index in [1.54, 1.807) is 0 Å². The second kappa shape index (κ2) is 7.08. The van der Waals surface area contributed by atoms with Crippen LogP contribution in [0.4, 0.5) is 0 Å². The van der Waals surface area contributed by atoms with Crippen molar-refractivity contribution in [1.82, 2.24) is 0 Å². The van der Waals surface area contributed by atoms with Gasteiger partial charge in [-0.2, -0.15) is 0 Å². The summed E-state index contributed by atoms with van der Waals surface area (Å²) in [5.74, 6) is 1.38. The van der Waals surface area contributed by atoms with E-state index in [1.165, 1.54) is 0 Å². The molecule has 0 heterocycles. The van der Waals surface area contributed by atoms with Crippen molar-refractivity contribution < 1.29 is 14.9 Å². The molecule has 0 aliphatic carbocycles. The van der Waals surface area contributed by atoms with E-state index in [9.17, 15) is 5.11 Å². The molecule has 20 heavy (non-hydrogen) atoms. The molecular weight excluding hydrogens is 252 g/mol. The summed E-state index contributed by atoms with van der Waals surface area (Å²) < 4.78 is 5.95. The Morgan fingerprint density at radius 1 is 1.00 bits per heavy atom. The predicted octanol–water partition coefficient (Wildman–Crippen LogP) is 3.46. The number of benzene rings is 2. The molecule has 0 saturated heterocycles. The maximum Gasteiger partial charge on any atom is 0.133 e. The third-order valence-electron chi connectivity index (χ3n) is 3.24. The fourth-order valence-corrected chi connectivity index (χ4v) is 2.12. The lowest BCUT2D eigenvalue weighted by atomic mass is 10.1. The Morgan fingerprint density at radius 2 is 1.65 bits per heavy atom. The molecular formula is C17H20O3. The van der Waals surface area contributed by atoms with Crippen LogP contribution in [0.2, 0.25) is 0 Å². The Hall–Kier alpha value is -1.84. The predicted molar refractivity (Wildman–Crippen MR) is 79.0 cm³/mol. The van der Waals surface area contributed by atoms with Crippen molar-refractivity contribution in [3.8, 4) is 11.5 Å². The number of aliphatic hydroxyl groups excluding tert-OH is 2. The Morgan fingerprint density at radius 3 is 2.35 bits per heavy atom. The van der Waals surface area contributed by atoms with Gasteiger partial charge in [-0.05, 0) is 30.5 Å². The van der Waals surface area contributed by atoms with Gasteiger partial charge < -0.3 is 14.9 Å². The van der Waals surface area contributed by atoms with Crippen molar-refractivity contribution >= 4 is 0 Å². The van der Waals surface area contributed by atoms with Gasteiger partial charge in [0, 0.05) is 12.2 Å². The summed E-state index contributed by atoms with van der Waals surface area (Å²) in [7, 11) is 0. The Kier molecular flexibility index (Phi) is 5.16. The lowest BCUT2D eigenvalue weighted by Crippen LogP contribution is -2.00. The SMILES string of the molecule is CC[C@@H](O)c1ccccc1Oc1ccccc1CCO. The first-order valence-corrected chi connectivity index (χ1v) is 6.89. The third-order valence-corrected chi connectivity index (χ3v) is 3.24. The molecule has 2 N–H and O–H groups in total. The molecule has 3 nitrogen and oxygen atoms in total. The van der Waals surface area contributed by atoms with Gasteiger partial charge >= 0.3 is 0 Å². The first-order chi connectivity index (χ1) is 9.76. The number of ether oxygens (including phenoxy) is 1. The number of para-hydroxylation sites is 2. The lowest BCUT2D eigenvalue weighted by molar-refractivity contribution is 0.170. The summed E-state index contributed by atoms with van der Waals surface area (Å²) >= 11 is 0. The van der Waals surface area contributed by atoms with Crippen LogP contribution in [0.25, 0.3) is 0 Å². The van der Waals surface area contributed by atoms with E-state index < -0.39 is 6.10 Å². The maximum absolute atomic E-state index is 10.0. The zero-order valence-corrected chi connectivity index (χ0v) is 11.6. The average Bonchev–Trinajstić information content (AvgIpc) is 2.49. The summed E-state index contributed by atoms with van der Waals surface area (Å²) in [6.07, 6.45) is 0.657. The van der Waals surface area contributed by atoms with E-state index in [0.717, 1.165) is 16.9 Å². The van der Waals surface area contributed by atoms with Gasteiger partial charge in [0.2, 0.25) is 0 Å². The van der Waals surface area contributed by atoms with Gasteiger partial charge in [0.05, 0.1) is 6.10 Å². The zero-order chi connectivity index (χ0) is 14.4. The summed E-state index contributed by atoms with van der Waals surface area (Å²) in [5, 5.41) is 19.1. The highest BCUT2D eigenvalue weighted by Crippen LogP contribution is 2.32. The quantitative estimate of drug-likeness (QED) is 0.846. The molecule has 2 rings (SSSR count). The molecule has 0 radical (unpaired) electrons. The number of hydrogen-bond acceptors (Lipinski definition) is 3. The second-order valence-electron chi connectivity index (χ2n) is 4.65. The van der Waals surface area contributed by atoms with Crippen LogP contribution in [0.1, 0.15) is 30.6 Å². The van der Waals surface area contributed by atoms with E-state index >= 15 is 0 Å². The first-order valence-electron chi connectivity index (χ1n) is 6.89. The summed E-state index contributed by atoms with van der Waals surface area (Å²) in [5.41, 5.74) is 1.74. The van der Waals surface area contributed by atoms with Crippen molar-refractivity contribution in [1.29, 1.82) is 0 Å². The van der Waals surface area contributed by atoms with Crippen molar-refractivity contribution in [2.75, 3.05) is 6.61 Å². The fraction of sp³-hybridized carbons (Fsp3) is 0.294. The molecule has 0 aromatic heterocycles. The average molecular weight is 272 g/mol. The molecule has 1 atom stereocenters. The Labute approximate surface area is 119 Å².